The van der Waals surface area contributed by atoms with E-state index in [1.807, 2.05) is 25.1 Å². The lowest BCUT2D eigenvalue weighted by Gasteiger charge is -2.14. The fourth-order valence-corrected chi connectivity index (χ4v) is 1.92. The van der Waals surface area contributed by atoms with Crippen molar-refractivity contribution in [2.45, 2.75) is 13.3 Å². The summed E-state index contributed by atoms with van der Waals surface area (Å²) in [6, 6.07) is 5.82. The number of hydrogen-bond acceptors (Lipinski definition) is 3. The molecule has 0 bridgehead atoms. The first-order valence-corrected chi connectivity index (χ1v) is 6.12. The van der Waals surface area contributed by atoms with Gasteiger partial charge >= 0.3 is 0 Å². The van der Waals surface area contributed by atoms with Gasteiger partial charge in [-0.2, -0.15) is 0 Å². The van der Waals surface area contributed by atoms with Crippen LogP contribution in [0.5, 0.6) is 5.75 Å². The summed E-state index contributed by atoms with van der Waals surface area (Å²) in [7, 11) is 0. The Kier molecular flexibility index (Phi) is 4.04. The zero-order valence-corrected chi connectivity index (χ0v) is 10.4. The molecule has 0 aliphatic carbocycles. The van der Waals surface area contributed by atoms with Crippen LogP contribution >= 0.6 is 0 Å². The average Bonchev–Trinajstić information content (AvgIpc) is 2.82. The maximum absolute atomic E-state index is 5.76. The van der Waals surface area contributed by atoms with Gasteiger partial charge in [-0.05, 0) is 37.1 Å². The minimum Gasteiger partial charge on any atom is -0.494 e. The number of anilines is 1. The van der Waals surface area contributed by atoms with Gasteiger partial charge in [-0.15, -0.1) is 0 Å². The van der Waals surface area contributed by atoms with E-state index in [-0.39, 0.29) is 0 Å². The van der Waals surface area contributed by atoms with Crippen LogP contribution in [0.4, 0.5) is 5.69 Å². The number of ether oxygens (including phenoxy) is 1. The van der Waals surface area contributed by atoms with E-state index in [0.717, 1.165) is 49.7 Å². The van der Waals surface area contributed by atoms with Crippen LogP contribution in [0.1, 0.15) is 12.0 Å². The number of nitrogens with two attached hydrogens (primary N) is 1. The number of aryl methyl sites for hydroxylation is 1. The molecule has 1 aliphatic rings. The molecule has 1 aliphatic heterocycles. The van der Waals surface area contributed by atoms with Crippen LogP contribution in [0, 0.1) is 6.92 Å². The number of nitrogen functional groups attached to an aromatic ring is 1. The smallest absolute Gasteiger partial charge is 0.119 e. The SMILES string of the molecule is Cc1cc(OCCCN2CC=CC2)ccc1N. The molecule has 1 aromatic carbocycles. The highest BCUT2D eigenvalue weighted by Gasteiger charge is 2.05. The van der Waals surface area contributed by atoms with E-state index in [4.69, 9.17) is 10.5 Å². The lowest BCUT2D eigenvalue weighted by molar-refractivity contribution is 0.268. The van der Waals surface area contributed by atoms with E-state index in [1.165, 1.54) is 0 Å². The molecule has 92 valence electrons. The molecule has 0 radical (unpaired) electrons. The molecule has 1 aromatic rings. The van der Waals surface area contributed by atoms with Crippen LogP contribution in [-0.2, 0) is 0 Å². The second-order valence-electron chi connectivity index (χ2n) is 4.45. The minimum atomic E-state index is 0.764. The summed E-state index contributed by atoms with van der Waals surface area (Å²) in [4.78, 5) is 2.40. The molecule has 0 fully saturated rings. The second kappa shape index (κ2) is 5.73. The molecule has 0 unspecified atom stereocenters. The molecule has 0 amide bonds. The van der Waals surface area contributed by atoms with Gasteiger partial charge in [0.05, 0.1) is 6.61 Å². The third kappa shape index (κ3) is 3.49. The Hall–Kier alpha value is -1.48. The molecule has 3 heteroatoms. The third-order valence-electron chi connectivity index (χ3n) is 3.02. The molecular weight excluding hydrogens is 212 g/mol. The highest BCUT2D eigenvalue weighted by molar-refractivity contribution is 5.49. The first-order chi connectivity index (χ1) is 8.25. The molecule has 0 atom stereocenters. The summed E-state index contributed by atoms with van der Waals surface area (Å²) in [6.45, 7) is 6.03. The topological polar surface area (TPSA) is 38.5 Å². The highest BCUT2D eigenvalue weighted by atomic mass is 16.5. The van der Waals surface area contributed by atoms with Crippen molar-refractivity contribution >= 4 is 5.69 Å². The fourth-order valence-electron chi connectivity index (χ4n) is 1.92. The molecule has 0 saturated heterocycles. The van der Waals surface area contributed by atoms with Crippen molar-refractivity contribution in [3.8, 4) is 5.75 Å². The van der Waals surface area contributed by atoms with E-state index in [0.29, 0.717) is 0 Å². The normalized spacial score (nSPS) is 15.4. The predicted molar refractivity (Wildman–Crippen MR) is 71.3 cm³/mol. The summed E-state index contributed by atoms with van der Waals surface area (Å²) in [6.07, 6.45) is 5.49. The molecule has 2 N–H and O–H groups in total. The fraction of sp³-hybridized carbons (Fsp3) is 0.429. The molecule has 1 heterocycles. The van der Waals surface area contributed by atoms with Gasteiger partial charge in [0.1, 0.15) is 5.75 Å². The summed E-state index contributed by atoms with van der Waals surface area (Å²) in [5.41, 5.74) is 7.65. The van der Waals surface area contributed by atoms with Gasteiger partial charge in [-0.25, -0.2) is 0 Å². The Bertz CT molecular complexity index is 393. The van der Waals surface area contributed by atoms with Crippen molar-refractivity contribution in [2.24, 2.45) is 0 Å². The number of rotatable bonds is 5. The maximum atomic E-state index is 5.76. The minimum absolute atomic E-state index is 0.764. The number of benzene rings is 1. The van der Waals surface area contributed by atoms with Crippen LogP contribution in [-0.4, -0.2) is 31.1 Å². The molecule has 2 rings (SSSR count). The van der Waals surface area contributed by atoms with Crippen molar-refractivity contribution in [1.29, 1.82) is 0 Å². The summed E-state index contributed by atoms with van der Waals surface area (Å²) in [5.74, 6) is 0.913. The van der Waals surface area contributed by atoms with Gasteiger partial charge in [-0.1, -0.05) is 12.2 Å². The molecular formula is C14H20N2O. The quantitative estimate of drug-likeness (QED) is 0.480. The van der Waals surface area contributed by atoms with Gasteiger partial charge in [-0.3, -0.25) is 4.90 Å². The highest BCUT2D eigenvalue weighted by Crippen LogP contribution is 2.18. The van der Waals surface area contributed by atoms with E-state index >= 15 is 0 Å². The van der Waals surface area contributed by atoms with Gasteiger partial charge in [0, 0.05) is 25.3 Å². The largest absolute Gasteiger partial charge is 0.494 e. The lowest BCUT2D eigenvalue weighted by Crippen LogP contribution is -2.22. The molecule has 0 saturated carbocycles. The third-order valence-corrected chi connectivity index (χ3v) is 3.02. The zero-order valence-electron chi connectivity index (χ0n) is 10.4. The first-order valence-electron chi connectivity index (χ1n) is 6.12. The van der Waals surface area contributed by atoms with Gasteiger partial charge < -0.3 is 10.5 Å². The van der Waals surface area contributed by atoms with Crippen LogP contribution in [0.25, 0.3) is 0 Å². The molecule has 0 aromatic heterocycles. The van der Waals surface area contributed by atoms with E-state index in [9.17, 15) is 0 Å². The van der Waals surface area contributed by atoms with Crippen LogP contribution in [0.15, 0.2) is 30.4 Å². The van der Waals surface area contributed by atoms with Gasteiger partial charge in [0.25, 0.3) is 0 Å². The summed E-state index contributed by atoms with van der Waals surface area (Å²) in [5, 5.41) is 0. The van der Waals surface area contributed by atoms with Crippen LogP contribution in [0.2, 0.25) is 0 Å². The summed E-state index contributed by atoms with van der Waals surface area (Å²) >= 11 is 0. The van der Waals surface area contributed by atoms with Crippen molar-refractivity contribution < 1.29 is 4.74 Å². The van der Waals surface area contributed by atoms with Crippen LogP contribution < -0.4 is 10.5 Å². The van der Waals surface area contributed by atoms with E-state index in [2.05, 4.69) is 17.1 Å². The van der Waals surface area contributed by atoms with Crippen molar-refractivity contribution in [1.82, 2.24) is 4.90 Å². The lowest BCUT2D eigenvalue weighted by atomic mass is 10.2. The van der Waals surface area contributed by atoms with E-state index in [1.54, 1.807) is 0 Å². The van der Waals surface area contributed by atoms with E-state index < -0.39 is 0 Å². The number of nitrogens with zero attached hydrogens (tertiary/aromatic N) is 1. The Morgan fingerprint density at radius 3 is 2.76 bits per heavy atom. The zero-order chi connectivity index (χ0) is 12.1. The molecule has 3 nitrogen and oxygen atoms in total. The van der Waals surface area contributed by atoms with Crippen molar-refractivity contribution in [3.63, 3.8) is 0 Å². The van der Waals surface area contributed by atoms with Gasteiger partial charge in [0.2, 0.25) is 0 Å². The second-order valence-corrected chi connectivity index (χ2v) is 4.45. The van der Waals surface area contributed by atoms with Gasteiger partial charge in [0.15, 0.2) is 0 Å². The van der Waals surface area contributed by atoms with Crippen molar-refractivity contribution in [2.75, 3.05) is 32.0 Å². The maximum Gasteiger partial charge on any atom is 0.119 e. The molecule has 0 spiro atoms. The van der Waals surface area contributed by atoms with Crippen LogP contribution in [0.3, 0.4) is 0 Å². The monoisotopic (exact) mass is 232 g/mol. The molecule has 17 heavy (non-hydrogen) atoms. The first kappa shape index (κ1) is 12.0. The van der Waals surface area contributed by atoms with Crippen molar-refractivity contribution in [3.05, 3.63) is 35.9 Å². The Morgan fingerprint density at radius 1 is 1.29 bits per heavy atom. The standard InChI is InChI=1S/C14H20N2O/c1-12-11-13(5-6-14(12)15)17-10-4-9-16-7-2-3-8-16/h2-3,5-6,11H,4,7-10,15H2,1H3. The Balaban J connectivity index is 1.69. The number of hydrogen-bond donors (Lipinski definition) is 1. The summed E-state index contributed by atoms with van der Waals surface area (Å²) < 4.78 is 5.70. The predicted octanol–water partition coefficient (Wildman–Crippen LogP) is 2.22. The Morgan fingerprint density at radius 2 is 2.06 bits per heavy atom. The average molecular weight is 232 g/mol. The Labute approximate surface area is 103 Å².